The minimum absolute atomic E-state index is 2.71. The summed E-state index contributed by atoms with van der Waals surface area (Å²) in [4.78, 5) is 0. The van der Waals surface area contributed by atoms with Crippen molar-refractivity contribution in [3.63, 3.8) is 0 Å². The molecular formula is H3NO3S2. The molecule has 0 rings (SSSR count). The molecule has 0 spiro atoms. The lowest BCUT2D eigenvalue weighted by Gasteiger charge is -1.57. The quantitative estimate of drug-likeness (QED) is 0.306. The van der Waals surface area contributed by atoms with Crippen LogP contribution in [0.5, 0.6) is 0 Å². The van der Waals surface area contributed by atoms with Gasteiger partial charge in [-0.2, -0.15) is 0 Å². The fraction of sp³-hybridized carbons (Fsp3) is 0. The zero-order valence-corrected chi connectivity index (χ0v) is 4.41. The molecule has 38 valence electrons. The van der Waals surface area contributed by atoms with Gasteiger partial charge >= 0.3 is 0 Å². The molecule has 0 aromatic carbocycles. The molecule has 0 radical (unpaired) electrons. The standard InChI is InChI=1S/H3NO3S2/c1-5(2)6(3)4/h1,5-6H. The SMILES string of the molecule is N=[SH](=O)[SH](=O)=O. The molecule has 6 heteroatoms. The maximum absolute atomic E-state index is 9.36. The Bertz CT molecular complexity index is 126. The molecule has 0 fully saturated rings. The van der Waals surface area contributed by atoms with E-state index in [1.807, 2.05) is 0 Å². The van der Waals surface area contributed by atoms with Crippen LogP contribution in [0.3, 0.4) is 0 Å². The summed E-state index contributed by atoms with van der Waals surface area (Å²) >= 11 is 0. The third-order valence-electron chi connectivity index (χ3n) is 0.148. The first-order valence-corrected chi connectivity index (χ1v) is 4.11. The van der Waals surface area contributed by atoms with Crippen molar-refractivity contribution in [2.75, 3.05) is 0 Å². The van der Waals surface area contributed by atoms with Gasteiger partial charge in [0.15, 0.2) is 0 Å². The van der Waals surface area contributed by atoms with Crippen molar-refractivity contribution in [1.29, 1.82) is 4.78 Å². The third kappa shape index (κ3) is 2.16. The van der Waals surface area contributed by atoms with Crippen LogP contribution in [0.25, 0.3) is 0 Å². The minimum Gasteiger partial charge on any atom is -0.243 e. The second-order valence-electron chi connectivity index (χ2n) is 0.511. The Kier molecular flexibility index (Phi) is 2.11. The van der Waals surface area contributed by atoms with Crippen molar-refractivity contribution in [3.05, 3.63) is 0 Å². The molecule has 6 heavy (non-hydrogen) atoms. The molecule has 0 saturated heterocycles. The van der Waals surface area contributed by atoms with Gasteiger partial charge in [0, 0.05) is 0 Å². The van der Waals surface area contributed by atoms with Gasteiger partial charge in [0.25, 0.3) is 0 Å². The van der Waals surface area contributed by atoms with Crippen LogP contribution in [0.15, 0.2) is 0 Å². The van der Waals surface area contributed by atoms with Crippen LogP contribution in [-0.4, -0.2) is 12.6 Å². The second-order valence-corrected chi connectivity index (χ2v) is 3.60. The Hall–Kier alpha value is -0.100. The molecule has 4 nitrogen and oxygen atoms in total. The Balaban J connectivity index is 4.38. The van der Waals surface area contributed by atoms with Gasteiger partial charge in [0.05, 0.1) is 0 Å². The Morgan fingerprint density at radius 1 is 1.17 bits per heavy atom. The first-order chi connectivity index (χ1) is 2.64. The minimum atomic E-state index is -2.98. The lowest BCUT2D eigenvalue weighted by Crippen LogP contribution is -1.69. The van der Waals surface area contributed by atoms with E-state index in [4.69, 9.17) is 4.78 Å². The Labute approximate surface area is 37.5 Å². The first-order valence-electron chi connectivity index (χ1n) is 0.971. The Morgan fingerprint density at radius 2 is 1.33 bits per heavy atom. The zero-order valence-electron chi connectivity index (χ0n) is 2.62. The lowest BCUT2D eigenvalue weighted by molar-refractivity contribution is 0.622. The van der Waals surface area contributed by atoms with E-state index in [1.165, 1.54) is 0 Å². The van der Waals surface area contributed by atoms with E-state index in [0.717, 1.165) is 0 Å². The highest BCUT2D eigenvalue weighted by Gasteiger charge is 1.70. The van der Waals surface area contributed by atoms with Crippen molar-refractivity contribution in [3.8, 4) is 0 Å². The van der Waals surface area contributed by atoms with E-state index in [9.17, 15) is 12.6 Å². The molecule has 0 bridgehead atoms. The fourth-order valence-electron chi connectivity index (χ4n) is 0. The summed E-state index contributed by atoms with van der Waals surface area (Å²) in [5, 5.41) is 0. The van der Waals surface area contributed by atoms with Gasteiger partial charge in [0.1, 0.15) is 9.63 Å². The average Bonchev–Trinajstić information content (AvgIpc) is 1.36. The molecule has 1 unspecified atom stereocenters. The van der Waals surface area contributed by atoms with E-state index in [0.29, 0.717) is 0 Å². The molecule has 0 aliphatic heterocycles. The van der Waals surface area contributed by atoms with Gasteiger partial charge in [-0.05, 0) is 0 Å². The van der Waals surface area contributed by atoms with E-state index in [2.05, 4.69) is 0 Å². The van der Waals surface area contributed by atoms with E-state index < -0.39 is 19.4 Å². The van der Waals surface area contributed by atoms with Gasteiger partial charge in [0.2, 0.25) is 9.74 Å². The predicted octanol–water partition coefficient (Wildman–Crippen LogP) is -1.24. The van der Waals surface area contributed by atoms with Gasteiger partial charge < -0.3 is 0 Å². The molecule has 1 N–H and O–H groups in total. The van der Waals surface area contributed by atoms with Crippen molar-refractivity contribution >= 4 is 19.4 Å². The van der Waals surface area contributed by atoms with Gasteiger partial charge in [-0.15, -0.1) is 0 Å². The summed E-state index contributed by atoms with van der Waals surface area (Å²) in [6, 6.07) is 0. The van der Waals surface area contributed by atoms with Crippen molar-refractivity contribution in [2.24, 2.45) is 0 Å². The molecule has 0 aliphatic rings. The molecule has 0 saturated carbocycles. The van der Waals surface area contributed by atoms with Crippen LogP contribution in [0.1, 0.15) is 0 Å². The van der Waals surface area contributed by atoms with Crippen LogP contribution >= 0.6 is 0 Å². The topological polar surface area (TPSA) is 75.1 Å². The van der Waals surface area contributed by atoms with Crippen molar-refractivity contribution in [1.82, 2.24) is 0 Å². The molecule has 1 atom stereocenters. The number of nitrogens with one attached hydrogen (secondary N) is 1. The third-order valence-corrected chi connectivity index (χ3v) is 1.33. The molecule has 0 amide bonds. The summed E-state index contributed by atoms with van der Waals surface area (Å²) in [6.45, 7) is 0. The van der Waals surface area contributed by atoms with Crippen LogP contribution in [0.4, 0.5) is 0 Å². The van der Waals surface area contributed by atoms with Crippen molar-refractivity contribution in [2.45, 2.75) is 0 Å². The van der Waals surface area contributed by atoms with Crippen LogP contribution in [-0.2, 0) is 19.4 Å². The second kappa shape index (κ2) is 2.14. The fourth-order valence-corrected chi connectivity index (χ4v) is 0. The molecule has 0 aromatic heterocycles. The highest BCUT2D eigenvalue weighted by atomic mass is 33.1. The van der Waals surface area contributed by atoms with Crippen LogP contribution in [0.2, 0.25) is 0 Å². The number of hydrogen-bond acceptors (Lipinski definition) is 4. The van der Waals surface area contributed by atoms with E-state index in [1.54, 1.807) is 0 Å². The average molecular weight is 129 g/mol. The maximum Gasteiger partial charge on any atom is 0.223 e. The summed E-state index contributed by atoms with van der Waals surface area (Å²) < 4.78 is 33.8. The lowest BCUT2D eigenvalue weighted by atomic mass is 14.0. The smallest absolute Gasteiger partial charge is 0.223 e. The molecule has 0 heterocycles. The Morgan fingerprint density at radius 3 is 1.33 bits per heavy atom. The normalized spacial score (nSPS) is 14.8. The predicted molar refractivity (Wildman–Crippen MR) is 22.6 cm³/mol. The number of hydrogen-bond donors (Lipinski definition) is 3. The van der Waals surface area contributed by atoms with Gasteiger partial charge in [-0.1, -0.05) is 0 Å². The summed E-state index contributed by atoms with van der Waals surface area (Å²) in [5.41, 5.74) is 0. The number of thiol groups is 2. The molecular weight excluding hydrogens is 126 g/mol. The van der Waals surface area contributed by atoms with Gasteiger partial charge in [-0.25, -0.2) is 17.4 Å². The van der Waals surface area contributed by atoms with Crippen LogP contribution in [0, 0.1) is 4.78 Å². The first kappa shape index (κ1) is 5.90. The van der Waals surface area contributed by atoms with E-state index >= 15 is 0 Å². The molecule has 0 aliphatic carbocycles. The monoisotopic (exact) mass is 129 g/mol. The summed E-state index contributed by atoms with van der Waals surface area (Å²) in [5.74, 6) is 0. The number of rotatable bonds is 1. The maximum atomic E-state index is 9.36. The largest absolute Gasteiger partial charge is 0.243 e. The van der Waals surface area contributed by atoms with Crippen molar-refractivity contribution < 1.29 is 12.6 Å². The van der Waals surface area contributed by atoms with E-state index in [-0.39, 0.29) is 0 Å². The molecule has 0 aromatic rings. The summed E-state index contributed by atoms with van der Waals surface area (Å²) in [7, 11) is -5.69. The summed E-state index contributed by atoms with van der Waals surface area (Å²) in [6.07, 6.45) is 0. The highest BCUT2D eigenvalue weighted by Crippen LogP contribution is 1.56. The van der Waals surface area contributed by atoms with Crippen LogP contribution < -0.4 is 0 Å². The zero-order chi connectivity index (χ0) is 5.15. The highest BCUT2D eigenvalue weighted by molar-refractivity contribution is 8.50. The van der Waals surface area contributed by atoms with Gasteiger partial charge in [-0.3, -0.25) is 0 Å².